The number of halogens is 1. The Morgan fingerprint density at radius 2 is 1.67 bits per heavy atom. The van der Waals surface area contributed by atoms with Crippen LogP contribution >= 0.6 is 11.6 Å². The van der Waals surface area contributed by atoms with Crippen molar-refractivity contribution in [2.24, 2.45) is 0 Å². The molecule has 0 aliphatic rings. The first-order valence-corrected chi connectivity index (χ1v) is 6.51. The molecule has 0 aliphatic carbocycles. The molecule has 0 heterocycles. The zero-order valence-corrected chi connectivity index (χ0v) is 11.7. The van der Waals surface area contributed by atoms with E-state index in [1.54, 1.807) is 12.1 Å². The quantitative estimate of drug-likeness (QED) is 0.405. The summed E-state index contributed by atoms with van der Waals surface area (Å²) in [6.45, 7) is -1.40. The second-order valence-corrected chi connectivity index (χ2v) is 4.78. The molecule has 0 aliphatic heterocycles. The lowest BCUT2D eigenvalue weighted by atomic mass is 10.0. The minimum absolute atomic E-state index is 0.0943. The van der Waals surface area contributed by atoms with Crippen LogP contribution in [0.5, 0.6) is 0 Å². The van der Waals surface area contributed by atoms with Crippen molar-refractivity contribution in [1.29, 1.82) is 0 Å². The number of aliphatic hydroxyl groups excluding tert-OH is 5. The molecule has 8 heteroatoms. The summed E-state index contributed by atoms with van der Waals surface area (Å²) in [4.78, 5) is 11.7. The fourth-order valence-electron chi connectivity index (χ4n) is 1.53. The van der Waals surface area contributed by atoms with E-state index in [9.17, 15) is 20.1 Å². The topological polar surface area (TPSA) is 127 Å². The smallest absolute Gasteiger partial charge is 0.339 e. The molecule has 0 aromatic heterocycles. The maximum atomic E-state index is 11.7. The normalized spacial score (nSPS) is 16.9. The molecular formula is C13H17ClO7. The van der Waals surface area contributed by atoms with Gasteiger partial charge in [-0.15, -0.1) is 0 Å². The van der Waals surface area contributed by atoms with Gasteiger partial charge in [0.05, 0.1) is 17.2 Å². The molecule has 7 nitrogen and oxygen atoms in total. The van der Waals surface area contributed by atoms with Crippen molar-refractivity contribution in [2.45, 2.75) is 24.4 Å². The molecule has 0 amide bonds. The molecule has 118 valence electrons. The Labute approximate surface area is 126 Å². The SMILES string of the molecule is O=C(OC[C@H](O)[C@H](O)[C@H](O)[C@@H](O)CO)c1ccccc1Cl. The highest BCUT2D eigenvalue weighted by molar-refractivity contribution is 6.33. The highest BCUT2D eigenvalue weighted by Crippen LogP contribution is 2.16. The van der Waals surface area contributed by atoms with Gasteiger partial charge in [-0.05, 0) is 12.1 Å². The van der Waals surface area contributed by atoms with E-state index in [0.29, 0.717) is 0 Å². The molecular weight excluding hydrogens is 304 g/mol. The van der Waals surface area contributed by atoms with Crippen molar-refractivity contribution in [1.82, 2.24) is 0 Å². The molecule has 0 bridgehead atoms. The number of hydrogen-bond donors (Lipinski definition) is 5. The Bertz CT molecular complexity index is 468. The Morgan fingerprint density at radius 1 is 1.10 bits per heavy atom. The van der Waals surface area contributed by atoms with Crippen LogP contribution in [0, 0.1) is 0 Å². The second kappa shape index (κ2) is 8.28. The predicted molar refractivity (Wildman–Crippen MR) is 72.8 cm³/mol. The first-order valence-electron chi connectivity index (χ1n) is 6.13. The van der Waals surface area contributed by atoms with Gasteiger partial charge in [0, 0.05) is 0 Å². The maximum Gasteiger partial charge on any atom is 0.339 e. The van der Waals surface area contributed by atoms with Crippen LogP contribution in [0.1, 0.15) is 10.4 Å². The summed E-state index contributed by atoms with van der Waals surface area (Å²) in [5.74, 6) is -0.802. The molecule has 0 spiro atoms. The van der Waals surface area contributed by atoms with Gasteiger partial charge in [-0.25, -0.2) is 4.79 Å². The van der Waals surface area contributed by atoms with Gasteiger partial charge in [0.25, 0.3) is 0 Å². The van der Waals surface area contributed by atoms with E-state index in [0.717, 1.165) is 0 Å². The molecule has 1 rings (SSSR count). The Kier molecular flexibility index (Phi) is 7.03. The zero-order chi connectivity index (χ0) is 16.0. The average molecular weight is 321 g/mol. The largest absolute Gasteiger partial charge is 0.459 e. The molecule has 0 saturated carbocycles. The van der Waals surface area contributed by atoms with E-state index in [-0.39, 0.29) is 10.6 Å². The van der Waals surface area contributed by atoms with Crippen molar-refractivity contribution in [2.75, 3.05) is 13.2 Å². The number of rotatable bonds is 7. The predicted octanol–water partition coefficient (Wildman–Crippen LogP) is -1.07. The first-order chi connectivity index (χ1) is 9.88. The van der Waals surface area contributed by atoms with E-state index < -0.39 is 43.6 Å². The summed E-state index contributed by atoms with van der Waals surface area (Å²) in [7, 11) is 0. The number of benzene rings is 1. The third-order valence-electron chi connectivity index (χ3n) is 2.80. The number of carbonyl (C=O) groups excluding carboxylic acids is 1. The summed E-state index contributed by atoms with van der Waals surface area (Å²) in [5.41, 5.74) is 0.0943. The zero-order valence-electron chi connectivity index (χ0n) is 11.0. The van der Waals surface area contributed by atoms with Crippen LogP contribution in [0.15, 0.2) is 24.3 Å². The summed E-state index contributed by atoms with van der Waals surface area (Å²) < 4.78 is 4.77. The number of hydrogen-bond acceptors (Lipinski definition) is 7. The third kappa shape index (κ3) is 4.92. The van der Waals surface area contributed by atoms with Gasteiger partial charge in [0.2, 0.25) is 0 Å². The lowest BCUT2D eigenvalue weighted by molar-refractivity contribution is -0.124. The monoisotopic (exact) mass is 320 g/mol. The fourth-order valence-corrected chi connectivity index (χ4v) is 1.74. The van der Waals surface area contributed by atoms with Gasteiger partial charge < -0.3 is 30.3 Å². The lowest BCUT2D eigenvalue weighted by Crippen LogP contribution is -2.47. The molecule has 5 N–H and O–H groups in total. The third-order valence-corrected chi connectivity index (χ3v) is 3.13. The summed E-state index contributed by atoms with van der Waals surface area (Å²) >= 11 is 5.79. The molecule has 0 unspecified atom stereocenters. The molecule has 0 fully saturated rings. The van der Waals surface area contributed by atoms with Crippen LogP contribution in [0.4, 0.5) is 0 Å². The number of ether oxygens (including phenoxy) is 1. The van der Waals surface area contributed by atoms with E-state index in [2.05, 4.69) is 0 Å². The Balaban J connectivity index is 2.55. The van der Waals surface area contributed by atoms with Crippen LogP contribution in [0.25, 0.3) is 0 Å². The maximum absolute atomic E-state index is 11.7. The van der Waals surface area contributed by atoms with Crippen LogP contribution in [-0.2, 0) is 4.74 Å². The number of carbonyl (C=O) groups is 1. The molecule has 0 radical (unpaired) electrons. The summed E-state index contributed by atoms with van der Waals surface area (Å²) in [6, 6.07) is 6.13. The highest BCUT2D eigenvalue weighted by atomic mass is 35.5. The molecule has 1 aromatic rings. The van der Waals surface area contributed by atoms with Gasteiger partial charge in [-0.1, -0.05) is 23.7 Å². The molecule has 1 aromatic carbocycles. The second-order valence-electron chi connectivity index (χ2n) is 4.38. The van der Waals surface area contributed by atoms with Crippen LogP contribution in [-0.4, -0.2) is 69.1 Å². The van der Waals surface area contributed by atoms with Gasteiger partial charge in [0.15, 0.2) is 0 Å². The molecule has 4 atom stereocenters. The lowest BCUT2D eigenvalue weighted by Gasteiger charge is -2.25. The number of aliphatic hydroxyl groups is 5. The van der Waals surface area contributed by atoms with Gasteiger partial charge >= 0.3 is 5.97 Å². The summed E-state index contributed by atoms with van der Waals surface area (Å²) in [6.07, 6.45) is -6.81. The van der Waals surface area contributed by atoms with E-state index in [1.807, 2.05) is 0 Å². The van der Waals surface area contributed by atoms with Crippen molar-refractivity contribution >= 4 is 17.6 Å². The van der Waals surface area contributed by atoms with Crippen LogP contribution in [0.3, 0.4) is 0 Å². The van der Waals surface area contributed by atoms with E-state index in [4.69, 9.17) is 26.6 Å². The fraction of sp³-hybridized carbons (Fsp3) is 0.462. The van der Waals surface area contributed by atoms with E-state index >= 15 is 0 Å². The molecule has 21 heavy (non-hydrogen) atoms. The van der Waals surface area contributed by atoms with Crippen LogP contribution in [0.2, 0.25) is 5.02 Å². The van der Waals surface area contributed by atoms with Crippen molar-refractivity contribution in [3.05, 3.63) is 34.9 Å². The van der Waals surface area contributed by atoms with Crippen molar-refractivity contribution in [3.8, 4) is 0 Å². The minimum atomic E-state index is -1.79. The minimum Gasteiger partial charge on any atom is -0.459 e. The van der Waals surface area contributed by atoms with Crippen molar-refractivity contribution < 1.29 is 35.1 Å². The van der Waals surface area contributed by atoms with Crippen LogP contribution < -0.4 is 0 Å². The van der Waals surface area contributed by atoms with Gasteiger partial charge in [0.1, 0.15) is 31.0 Å². The highest BCUT2D eigenvalue weighted by Gasteiger charge is 2.30. The average Bonchev–Trinajstić information content (AvgIpc) is 2.50. The Hall–Kier alpha value is -1.22. The Morgan fingerprint density at radius 3 is 2.24 bits per heavy atom. The summed E-state index contributed by atoms with van der Waals surface area (Å²) in [5, 5.41) is 46.5. The number of esters is 1. The standard InChI is InChI=1S/C13H17ClO7/c14-8-4-2-1-3-7(8)13(20)21-6-10(17)12(19)11(18)9(16)5-15/h1-4,9-12,15-19H,5-6H2/t9-,10-,11+,12-/m0/s1. The van der Waals surface area contributed by atoms with Crippen molar-refractivity contribution in [3.63, 3.8) is 0 Å². The first kappa shape index (κ1) is 17.8. The molecule has 0 saturated heterocycles. The van der Waals surface area contributed by atoms with Gasteiger partial charge in [-0.3, -0.25) is 0 Å². The van der Waals surface area contributed by atoms with E-state index in [1.165, 1.54) is 12.1 Å². The van der Waals surface area contributed by atoms with Gasteiger partial charge in [-0.2, -0.15) is 0 Å².